The molecule has 3 heterocycles. The molecule has 0 unspecified atom stereocenters. The second-order valence-corrected chi connectivity index (χ2v) is 9.49. The number of nitrogens with one attached hydrogen (secondary N) is 3. The van der Waals surface area contributed by atoms with Crippen molar-refractivity contribution in [1.29, 1.82) is 0 Å². The van der Waals surface area contributed by atoms with Crippen LogP contribution in [0.25, 0.3) is 10.9 Å². The molecule has 1 saturated heterocycles. The minimum Gasteiger partial charge on any atom is -0.381 e. The molecule has 2 fully saturated rings. The molecule has 2 atom stereocenters. The van der Waals surface area contributed by atoms with E-state index in [0.717, 1.165) is 73.2 Å². The number of amides is 1. The molecule has 0 bridgehead atoms. The molecule has 8 nitrogen and oxygen atoms in total. The number of carbonyl (C=O) groups is 1. The average molecular weight is 524 g/mol. The van der Waals surface area contributed by atoms with E-state index in [1.807, 2.05) is 12.1 Å². The summed E-state index contributed by atoms with van der Waals surface area (Å²) in [6, 6.07) is 6.76. The molecule has 0 radical (unpaired) electrons. The standard InChI is InChI=1S/C25H34N6O2.2ClH/c1-16-8-9-19-18(15-16)23(31-24(29-19)25(32)27-17-10-13-33-14-11-17)30-21-6-3-2-5-20(21)28-22-7-4-12-26-22;;/h8-9,15,17,20-21H,2-7,10-14H2,1H3,(H,26,28)(H,27,32)(H,29,30,31);2*1H/t20-,21+;;/m1../s1. The van der Waals surface area contributed by atoms with Crippen molar-refractivity contribution in [3.8, 4) is 0 Å². The van der Waals surface area contributed by atoms with Gasteiger partial charge < -0.3 is 20.7 Å². The van der Waals surface area contributed by atoms with Crippen LogP contribution in [0.5, 0.6) is 0 Å². The highest BCUT2D eigenvalue weighted by atomic mass is 35.5. The van der Waals surface area contributed by atoms with Gasteiger partial charge in [0.2, 0.25) is 5.82 Å². The van der Waals surface area contributed by atoms with Gasteiger partial charge in [-0.15, -0.1) is 24.8 Å². The van der Waals surface area contributed by atoms with Crippen molar-refractivity contribution < 1.29 is 9.53 Å². The topological polar surface area (TPSA) is 101 Å². The molecular formula is C25H36Cl2N6O2. The normalized spacial score (nSPS) is 22.5. The Balaban J connectivity index is 0.00000171. The molecule has 1 aromatic carbocycles. The number of carbonyl (C=O) groups excluding carboxylic acids is 1. The molecule has 5 rings (SSSR count). The van der Waals surface area contributed by atoms with E-state index in [1.54, 1.807) is 0 Å². The Bertz CT molecular complexity index is 1040. The van der Waals surface area contributed by atoms with Gasteiger partial charge in [-0.3, -0.25) is 9.79 Å². The van der Waals surface area contributed by atoms with Crippen molar-refractivity contribution >= 4 is 53.3 Å². The van der Waals surface area contributed by atoms with Crippen LogP contribution in [0.1, 0.15) is 67.5 Å². The van der Waals surface area contributed by atoms with Gasteiger partial charge in [0.05, 0.1) is 11.4 Å². The van der Waals surface area contributed by atoms with Crippen LogP contribution in [0, 0.1) is 6.92 Å². The lowest BCUT2D eigenvalue weighted by atomic mass is 9.90. The van der Waals surface area contributed by atoms with E-state index in [-0.39, 0.29) is 48.6 Å². The summed E-state index contributed by atoms with van der Waals surface area (Å²) in [6.07, 6.45) is 8.38. The molecule has 1 amide bonds. The maximum Gasteiger partial charge on any atom is 0.289 e. The van der Waals surface area contributed by atoms with Gasteiger partial charge in [0.1, 0.15) is 5.82 Å². The van der Waals surface area contributed by atoms with Crippen molar-refractivity contribution in [2.24, 2.45) is 4.99 Å². The highest BCUT2D eigenvalue weighted by Gasteiger charge is 2.28. The lowest BCUT2D eigenvalue weighted by Gasteiger charge is -2.34. The Kier molecular flexibility index (Phi) is 9.95. The lowest BCUT2D eigenvalue weighted by Crippen LogP contribution is -2.48. The number of aliphatic imine (C=N–C) groups is 1. The largest absolute Gasteiger partial charge is 0.381 e. The second kappa shape index (κ2) is 12.7. The monoisotopic (exact) mass is 522 g/mol. The fourth-order valence-electron chi connectivity index (χ4n) is 5.07. The maximum absolute atomic E-state index is 13.0. The number of nitrogens with zero attached hydrogens (tertiary/aromatic N) is 3. The Morgan fingerprint density at radius 1 is 0.971 bits per heavy atom. The number of anilines is 1. The van der Waals surface area contributed by atoms with Crippen LogP contribution in [-0.4, -0.2) is 59.6 Å². The third-order valence-corrected chi connectivity index (χ3v) is 6.93. The molecule has 192 valence electrons. The van der Waals surface area contributed by atoms with Crippen LogP contribution in [0.2, 0.25) is 0 Å². The number of hydrogen-bond acceptors (Lipinski definition) is 7. The molecule has 0 spiro atoms. The van der Waals surface area contributed by atoms with Crippen LogP contribution < -0.4 is 16.0 Å². The van der Waals surface area contributed by atoms with Crippen molar-refractivity contribution in [3.63, 3.8) is 0 Å². The number of ether oxygens (including phenoxy) is 1. The van der Waals surface area contributed by atoms with Crippen LogP contribution in [-0.2, 0) is 4.74 Å². The first-order valence-electron chi connectivity index (χ1n) is 12.4. The van der Waals surface area contributed by atoms with Crippen molar-refractivity contribution in [3.05, 3.63) is 29.6 Å². The van der Waals surface area contributed by atoms with Gasteiger partial charge in [0.15, 0.2) is 0 Å². The van der Waals surface area contributed by atoms with Crippen LogP contribution in [0.4, 0.5) is 5.82 Å². The lowest BCUT2D eigenvalue weighted by molar-refractivity contribution is 0.0692. The summed E-state index contributed by atoms with van der Waals surface area (Å²) < 4.78 is 5.41. The average Bonchev–Trinajstić information content (AvgIpc) is 3.34. The molecule has 3 aliphatic rings. The van der Waals surface area contributed by atoms with E-state index in [4.69, 9.17) is 9.72 Å². The van der Waals surface area contributed by atoms with Crippen molar-refractivity contribution in [2.75, 3.05) is 25.1 Å². The Morgan fingerprint density at radius 2 is 1.71 bits per heavy atom. The minimum absolute atomic E-state index is 0. The first-order chi connectivity index (χ1) is 16.2. The number of amidine groups is 1. The summed E-state index contributed by atoms with van der Waals surface area (Å²) in [4.78, 5) is 27.0. The number of aryl methyl sites for hydroxylation is 1. The first kappa shape index (κ1) is 27.4. The smallest absolute Gasteiger partial charge is 0.289 e. The predicted molar refractivity (Wildman–Crippen MR) is 144 cm³/mol. The fourth-order valence-corrected chi connectivity index (χ4v) is 5.07. The summed E-state index contributed by atoms with van der Waals surface area (Å²) in [5.41, 5.74) is 1.93. The summed E-state index contributed by atoms with van der Waals surface area (Å²) in [5, 5.41) is 11.5. The minimum atomic E-state index is -0.217. The number of halogens is 2. The van der Waals surface area contributed by atoms with E-state index < -0.39 is 0 Å². The second-order valence-electron chi connectivity index (χ2n) is 9.49. The van der Waals surface area contributed by atoms with Gasteiger partial charge in [-0.1, -0.05) is 24.5 Å². The third kappa shape index (κ3) is 6.74. The number of hydrogen-bond donors (Lipinski definition) is 3. The quantitative estimate of drug-likeness (QED) is 0.544. The van der Waals surface area contributed by atoms with Crippen molar-refractivity contribution in [1.82, 2.24) is 20.6 Å². The predicted octanol–water partition coefficient (Wildman–Crippen LogP) is 4.20. The Labute approximate surface area is 219 Å². The van der Waals surface area contributed by atoms with E-state index >= 15 is 0 Å². The molecule has 1 aliphatic carbocycles. The van der Waals surface area contributed by atoms with E-state index in [2.05, 4.69) is 38.9 Å². The van der Waals surface area contributed by atoms with Crippen LogP contribution in [0.15, 0.2) is 23.2 Å². The number of benzene rings is 1. The van der Waals surface area contributed by atoms with Gasteiger partial charge in [0, 0.05) is 49.7 Å². The van der Waals surface area contributed by atoms with Crippen molar-refractivity contribution in [2.45, 2.75) is 76.4 Å². The number of aromatic nitrogens is 2. The van der Waals surface area contributed by atoms with Crippen LogP contribution >= 0.6 is 24.8 Å². The highest BCUT2D eigenvalue weighted by molar-refractivity contribution is 5.97. The molecule has 1 aromatic heterocycles. The zero-order valence-corrected chi connectivity index (χ0v) is 21.8. The third-order valence-electron chi connectivity index (χ3n) is 6.93. The zero-order chi connectivity index (χ0) is 22.6. The summed E-state index contributed by atoms with van der Waals surface area (Å²) in [5.74, 6) is 1.88. The van der Waals surface area contributed by atoms with E-state index in [9.17, 15) is 4.79 Å². The Morgan fingerprint density at radius 3 is 2.43 bits per heavy atom. The number of fused-ring (bicyclic) bond motifs is 1. The van der Waals surface area contributed by atoms with Gasteiger partial charge in [-0.05, 0) is 51.2 Å². The zero-order valence-electron chi connectivity index (χ0n) is 20.2. The SMILES string of the molecule is Cc1ccc2nc(C(=O)NC3CCOCC3)nc(N[C@H]3CCCC[C@H]3NC3=NCCC3)c2c1.Cl.Cl. The molecule has 3 N–H and O–H groups in total. The molecule has 2 aromatic rings. The molecule has 10 heteroatoms. The van der Waals surface area contributed by atoms with Gasteiger partial charge in [-0.25, -0.2) is 9.97 Å². The summed E-state index contributed by atoms with van der Waals surface area (Å²) in [7, 11) is 0. The molecular weight excluding hydrogens is 487 g/mol. The number of rotatable bonds is 5. The molecule has 35 heavy (non-hydrogen) atoms. The van der Waals surface area contributed by atoms with Gasteiger partial charge in [-0.2, -0.15) is 0 Å². The van der Waals surface area contributed by atoms with Crippen LogP contribution in [0.3, 0.4) is 0 Å². The maximum atomic E-state index is 13.0. The summed E-state index contributed by atoms with van der Waals surface area (Å²) >= 11 is 0. The first-order valence-corrected chi connectivity index (χ1v) is 12.4. The fraction of sp³-hybridized carbons (Fsp3) is 0.600. The Hall–Kier alpha value is -2.16. The van der Waals surface area contributed by atoms with Gasteiger partial charge >= 0.3 is 0 Å². The molecule has 1 saturated carbocycles. The highest BCUT2D eigenvalue weighted by Crippen LogP contribution is 2.27. The van der Waals surface area contributed by atoms with E-state index in [1.165, 1.54) is 12.8 Å². The van der Waals surface area contributed by atoms with Gasteiger partial charge in [0.25, 0.3) is 5.91 Å². The van der Waals surface area contributed by atoms with E-state index in [0.29, 0.717) is 19.3 Å². The summed E-state index contributed by atoms with van der Waals surface area (Å²) in [6.45, 7) is 4.35. The molecule has 2 aliphatic heterocycles.